The molecule has 0 unspecified atom stereocenters. The van der Waals surface area contributed by atoms with Crippen LogP contribution in [0.5, 0.6) is 11.5 Å². The maximum Gasteiger partial charge on any atom is 0.305 e. The average molecular weight is 338 g/mol. The quantitative estimate of drug-likeness (QED) is 0.803. The number of carbonyl (C=O) groups excluding carboxylic acids is 1. The smallest absolute Gasteiger partial charge is 0.305 e. The third-order valence-corrected chi connectivity index (χ3v) is 3.71. The van der Waals surface area contributed by atoms with Gasteiger partial charge in [0.05, 0.1) is 19.9 Å². The first-order valence-corrected chi connectivity index (χ1v) is 7.65. The minimum atomic E-state index is -0.271. The summed E-state index contributed by atoms with van der Waals surface area (Å²) in [5, 5.41) is 0. The van der Waals surface area contributed by atoms with Gasteiger partial charge in [0.1, 0.15) is 11.5 Å². The van der Waals surface area contributed by atoms with E-state index in [1.807, 2.05) is 30.3 Å². The van der Waals surface area contributed by atoms with Crippen LogP contribution in [0.3, 0.4) is 0 Å². The van der Waals surface area contributed by atoms with E-state index in [1.165, 1.54) is 4.90 Å². The summed E-state index contributed by atoms with van der Waals surface area (Å²) >= 11 is 0. The maximum absolute atomic E-state index is 12.4. The fourth-order valence-electron chi connectivity index (χ4n) is 2.34. The van der Waals surface area contributed by atoms with E-state index in [2.05, 4.69) is 4.99 Å². The summed E-state index contributed by atoms with van der Waals surface area (Å²) in [6.45, 7) is 0. The van der Waals surface area contributed by atoms with Crippen molar-refractivity contribution in [2.75, 3.05) is 21.3 Å². The van der Waals surface area contributed by atoms with Crippen LogP contribution in [-0.2, 0) is 9.53 Å². The van der Waals surface area contributed by atoms with Gasteiger partial charge in [0, 0.05) is 18.7 Å². The van der Waals surface area contributed by atoms with Gasteiger partial charge in [-0.15, -0.1) is 0 Å². The van der Waals surface area contributed by atoms with Crippen LogP contribution in [0, 0.1) is 0 Å². The zero-order valence-corrected chi connectivity index (χ0v) is 14.2. The number of amides is 1. The predicted molar refractivity (Wildman–Crippen MR) is 94.9 cm³/mol. The minimum absolute atomic E-state index is 0.181. The summed E-state index contributed by atoms with van der Waals surface area (Å²) in [5.41, 5.74) is 1.42. The largest absolute Gasteiger partial charge is 0.497 e. The highest BCUT2D eigenvalue weighted by Crippen LogP contribution is 2.28. The van der Waals surface area contributed by atoms with Crippen molar-refractivity contribution in [3.63, 3.8) is 0 Å². The number of benzene rings is 2. The van der Waals surface area contributed by atoms with E-state index >= 15 is 0 Å². The van der Waals surface area contributed by atoms with Gasteiger partial charge in [0.15, 0.2) is 5.76 Å². The fraction of sp³-hybridized carbons (Fsp3) is 0.158. The summed E-state index contributed by atoms with van der Waals surface area (Å²) in [4.78, 5) is 18.1. The zero-order valence-electron chi connectivity index (χ0n) is 14.2. The Kier molecular flexibility index (Phi) is 4.70. The molecule has 1 aliphatic heterocycles. The van der Waals surface area contributed by atoms with Gasteiger partial charge < -0.3 is 14.2 Å². The van der Waals surface area contributed by atoms with E-state index in [1.54, 1.807) is 45.5 Å². The molecule has 25 heavy (non-hydrogen) atoms. The van der Waals surface area contributed by atoms with Crippen LogP contribution in [0.25, 0.3) is 6.08 Å². The van der Waals surface area contributed by atoms with Gasteiger partial charge in [0.25, 0.3) is 5.91 Å². The van der Waals surface area contributed by atoms with E-state index in [4.69, 9.17) is 14.2 Å². The molecule has 0 N–H and O–H groups in total. The van der Waals surface area contributed by atoms with Crippen LogP contribution in [0.4, 0.5) is 5.69 Å². The molecule has 0 atom stereocenters. The zero-order chi connectivity index (χ0) is 17.8. The van der Waals surface area contributed by atoms with Gasteiger partial charge in [-0.2, -0.15) is 4.99 Å². The van der Waals surface area contributed by atoms with Crippen molar-refractivity contribution in [3.05, 3.63) is 59.9 Å². The third kappa shape index (κ3) is 3.47. The molecule has 0 aromatic heterocycles. The molecule has 0 saturated carbocycles. The maximum atomic E-state index is 12.4. The molecule has 0 bridgehead atoms. The standard InChI is InChI=1S/C19H18N2O4/c1-21-18(22)17(25-19(21)20-14-7-5-4-6-8-14)11-13-9-10-15(23-2)12-16(13)24-3/h4-12H,1-3H3/b17-11+,20-19?. The highest BCUT2D eigenvalue weighted by Gasteiger charge is 2.32. The Balaban J connectivity index is 1.92. The predicted octanol–water partition coefficient (Wildman–Crippen LogP) is 3.22. The lowest BCUT2D eigenvalue weighted by Gasteiger charge is -2.07. The number of nitrogens with zero attached hydrogens (tertiary/aromatic N) is 2. The second-order valence-corrected chi connectivity index (χ2v) is 5.31. The number of para-hydroxylation sites is 1. The van der Waals surface area contributed by atoms with Gasteiger partial charge in [0.2, 0.25) is 0 Å². The highest BCUT2D eigenvalue weighted by molar-refractivity contribution is 6.11. The van der Waals surface area contributed by atoms with Crippen LogP contribution in [0.1, 0.15) is 5.56 Å². The van der Waals surface area contributed by atoms with Crippen molar-refractivity contribution in [2.45, 2.75) is 0 Å². The van der Waals surface area contributed by atoms with Crippen LogP contribution in [0.15, 0.2) is 59.3 Å². The summed E-state index contributed by atoms with van der Waals surface area (Å²) in [5.74, 6) is 1.16. The van der Waals surface area contributed by atoms with E-state index in [9.17, 15) is 4.79 Å². The molecule has 1 fully saturated rings. The van der Waals surface area contributed by atoms with Crippen molar-refractivity contribution < 1.29 is 19.0 Å². The lowest BCUT2D eigenvalue weighted by molar-refractivity contribution is -0.122. The molecule has 128 valence electrons. The first-order valence-electron chi connectivity index (χ1n) is 7.65. The number of aliphatic imine (C=N–C) groups is 1. The molecule has 6 heteroatoms. The Morgan fingerprint density at radius 1 is 1.08 bits per heavy atom. The molecule has 2 aromatic rings. The number of carbonyl (C=O) groups is 1. The van der Waals surface area contributed by atoms with Gasteiger partial charge in [-0.25, -0.2) is 0 Å². The molecule has 1 heterocycles. The summed E-state index contributed by atoms with van der Waals surface area (Å²) < 4.78 is 16.2. The molecule has 1 aliphatic rings. The molecule has 6 nitrogen and oxygen atoms in total. The lowest BCUT2D eigenvalue weighted by Crippen LogP contribution is -2.24. The van der Waals surface area contributed by atoms with E-state index < -0.39 is 0 Å². The highest BCUT2D eigenvalue weighted by atomic mass is 16.5. The Morgan fingerprint density at radius 2 is 1.84 bits per heavy atom. The molecule has 2 aromatic carbocycles. The van der Waals surface area contributed by atoms with Gasteiger partial charge in [-0.1, -0.05) is 18.2 Å². The summed E-state index contributed by atoms with van der Waals surface area (Å²) in [6.07, 6.45) is 1.63. The van der Waals surface area contributed by atoms with Crippen molar-refractivity contribution in [1.29, 1.82) is 0 Å². The Labute approximate surface area is 146 Å². The Hall–Kier alpha value is -3.28. The Bertz CT molecular complexity index is 844. The second kappa shape index (κ2) is 7.09. The number of hydrogen-bond acceptors (Lipinski definition) is 5. The number of rotatable bonds is 4. The number of hydrogen-bond donors (Lipinski definition) is 0. The molecule has 0 aliphatic carbocycles. The number of ether oxygens (including phenoxy) is 3. The Morgan fingerprint density at radius 3 is 2.52 bits per heavy atom. The first-order chi connectivity index (χ1) is 12.1. The van der Waals surface area contributed by atoms with Gasteiger partial charge in [-0.3, -0.25) is 9.69 Å². The van der Waals surface area contributed by atoms with Gasteiger partial charge in [-0.05, 0) is 30.3 Å². The molecule has 1 amide bonds. The number of amidine groups is 1. The molecule has 3 rings (SSSR count). The van der Waals surface area contributed by atoms with Crippen LogP contribution < -0.4 is 9.47 Å². The van der Waals surface area contributed by atoms with Gasteiger partial charge >= 0.3 is 6.02 Å². The minimum Gasteiger partial charge on any atom is -0.497 e. The number of methoxy groups -OCH3 is 2. The van der Waals surface area contributed by atoms with E-state index in [0.29, 0.717) is 22.7 Å². The third-order valence-electron chi connectivity index (χ3n) is 3.71. The summed E-state index contributed by atoms with van der Waals surface area (Å²) in [7, 11) is 4.76. The monoisotopic (exact) mass is 338 g/mol. The van der Waals surface area contributed by atoms with Crippen molar-refractivity contribution in [2.24, 2.45) is 4.99 Å². The molecular weight excluding hydrogens is 320 g/mol. The molecule has 1 saturated heterocycles. The fourth-order valence-corrected chi connectivity index (χ4v) is 2.34. The van der Waals surface area contributed by atoms with Crippen LogP contribution >= 0.6 is 0 Å². The van der Waals surface area contributed by atoms with Crippen molar-refractivity contribution >= 4 is 23.7 Å². The molecular formula is C19H18N2O4. The number of likely N-dealkylation sites (N-methyl/N-ethyl adjacent to an activating group) is 1. The lowest BCUT2D eigenvalue weighted by atomic mass is 10.1. The van der Waals surface area contributed by atoms with Crippen molar-refractivity contribution in [1.82, 2.24) is 4.90 Å². The van der Waals surface area contributed by atoms with E-state index in [0.717, 1.165) is 0 Å². The first kappa shape index (κ1) is 16.6. The molecule has 0 spiro atoms. The topological polar surface area (TPSA) is 60.4 Å². The van der Waals surface area contributed by atoms with Crippen molar-refractivity contribution in [3.8, 4) is 11.5 Å². The second-order valence-electron chi connectivity index (χ2n) is 5.31. The normalized spacial score (nSPS) is 17.1. The SMILES string of the molecule is COc1ccc(/C=C2/OC(=Nc3ccccc3)N(C)C2=O)c(OC)c1. The molecule has 0 radical (unpaired) electrons. The average Bonchev–Trinajstić information content (AvgIpc) is 2.91. The summed E-state index contributed by atoms with van der Waals surface area (Å²) in [6, 6.07) is 14.9. The van der Waals surface area contributed by atoms with Crippen LogP contribution in [-0.4, -0.2) is 38.1 Å². The van der Waals surface area contributed by atoms with Crippen LogP contribution in [0.2, 0.25) is 0 Å². The van der Waals surface area contributed by atoms with E-state index in [-0.39, 0.29) is 17.7 Å².